The molecular weight excluding hydrogens is 380 g/mol. The van der Waals surface area contributed by atoms with Crippen molar-refractivity contribution in [2.45, 2.75) is 19.5 Å². The number of guanidine groups is 1. The Bertz CT molecular complexity index is 956. The summed E-state index contributed by atoms with van der Waals surface area (Å²) in [6, 6.07) is 14.4. The molecule has 158 valence electrons. The second-order valence-electron chi connectivity index (χ2n) is 6.70. The van der Waals surface area contributed by atoms with E-state index in [-0.39, 0.29) is 0 Å². The van der Waals surface area contributed by atoms with E-state index in [1.807, 2.05) is 18.2 Å². The van der Waals surface area contributed by atoms with Crippen LogP contribution >= 0.6 is 0 Å². The molecule has 8 nitrogen and oxygen atoms in total. The molecule has 0 spiro atoms. The Morgan fingerprint density at radius 1 is 1.00 bits per heavy atom. The van der Waals surface area contributed by atoms with E-state index >= 15 is 0 Å². The number of methoxy groups -OCH3 is 2. The van der Waals surface area contributed by atoms with Crippen LogP contribution in [0.3, 0.4) is 0 Å². The van der Waals surface area contributed by atoms with Gasteiger partial charge in [-0.1, -0.05) is 30.3 Å². The Morgan fingerprint density at radius 2 is 1.83 bits per heavy atom. The Balaban J connectivity index is 1.48. The fraction of sp³-hybridized carbons (Fsp3) is 0.318. The maximum absolute atomic E-state index is 5.37. The molecule has 0 aliphatic rings. The molecule has 0 fully saturated rings. The van der Waals surface area contributed by atoms with Crippen molar-refractivity contribution < 1.29 is 9.47 Å². The summed E-state index contributed by atoms with van der Waals surface area (Å²) in [7, 11) is 5.05. The number of hydrogen-bond donors (Lipinski definition) is 2. The maximum Gasteiger partial charge on any atom is 0.191 e. The summed E-state index contributed by atoms with van der Waals surface area (Å²) >= 11 is 0. The molecule has 0 atom stereocenters. The van der Waals surface area contributed by atoms with E-state index < -0.39 is 0 Å². The molecule has 0 unspecified atom stereocenters. The molecule has 3 aromatic rings. The molecule has 30 heavy (non-hydrogen) atoms. The Hall–Kier alpha value is -3.55. The predicted octanol–water partition coefficient (Wildman–Crippen LogP) is 2.25. The highest BCUT2D eigenvalue weighted by Crippen LogP contribution is 2.27. The van der Waals surface area contributed by atoms with E-state index in [9.17, 15) is 0 Å². The van der Waals surface area contributed by atoms with Crippen molar-refractivity contribution in [3.05, 3.63) is 71.8 Å². The Morgan fingerprint density at radius 3 is 2.57 bits per heavy atom. The van der Waals surface area contributed by atoms with Crippen LogP contribution in [0.25, 0.3) is 0 Å². The lowest BCUT2D eigenvalue weighted by Crippen LogP contribution is -2.37. The lowest BCUT2D eigenvalue weighted by atomic mass is 10.1. The summed E-state index contributed by atoms with van der Waals surface area (Å²) in [6.07, 6.45) is 4.10. The third kappa shape index (κ3) is 5.97. The number of nitrogens with zero attached hydrogens (tertiary/aromatic N) is 4. The standard InChI is InChI=1S/C22H28N6O2/c1-23-22(25-10-9-17-7-8-20(29-2)21(12-17)30-3)26-13-18-5-4-6-19(11-18)14-28-16-24-15-27-28/h4-8,11-12,15-16H,9-10,13-14H2,1-3H3,(H2,23,25,26). The van der Waals surface area contributed by atoms with Crippen LogP contribution < -0.4 is 20.1 Å². The van der Waals surface area contributed by atoms with Crippen LogP contribution in [0, 0.1) is 0 Å². The van der Waals surface area contributed by atoms with Crippen molar-refractivity contribution in [1.29, 1.82) is 0 Å². The first-order valence-corrected chi connectivity index (χ1v) is 9.77. The first kappa shape index (κ1) is 21.2. The summed E-state index contributed by atoms with van der Waals surface area (Å²) < 4.78 is 12.5. The minimum atomic E-state index is 0.682. The topological polar surface area (TPSA) is 85.6 Å². The zero-order chi connectivity index (χ0) is 21.2. The molecule has 1 heterocycles. The second kappa shape index (κ2) is 10.8. The molecule has 3 rings (SSSR count). The van der Waals surface area contributed by atoms with E-state index in [2.05, 4.69) is 50.0 Å². The number of aliphatic imine (C=N–C) groups is 1. The summed E-state index contributed by atoms with van der Waals surface area (Å²) in [6.45, 7) is 2.13. The third-order valence-electron chi connectivity index (χ3n) is 4.64. The molecule has 8 heteroatoms. The van der Waals surface area contributed by atoms with Crippen LogP contribution in [0.15, 0.2) is 60.1 Å². The first-order chi connectivity index (χ1) is 14.7. The number of benzene rings is 2. The van der Waals surface area contributed by atoms with E-state index in [1.54, 1.807) is 38.6 Å². The van der Waals surface area contributed by atoms with Crippen LogP contribution in [0.5, 0.6) is 11.5 Å². The van der Waals surface area contributed by atoms with Crippen molar-refractivity contribution in [1.82, 2.24) is 25.4 Å². The van der Waals surface area contributed by atoms with Crippen molar-refractivity contribution in [2.75, 3.05) is 27.8 Å². The van der Waals surface area contributed by atoms with Crippen LogP contribution in [0.4, 0.5) is 0 Å². The fourth-order valence-electron chi connectivity index (χ4n) is 3.11. The molecule has 2 aromatic carbocycles. The van der Waals surface area contributed by atoms with Crippen molar-refractivity contribution in [2.24, 2.45) is 4.99 Å². The maximum atomic E-state index is 5.37. The van der Waals surface area contributed by atoms with E-state index in [1.165, 1.54) is 11.1 Å². The summed E-state index contributed by atoms with van der Waals surface area (Å²) in [5.41, 5.74) is 3.52. The van der Waals surface area contributed by atoms with Crippen molar-refractivity contribution in [3.8, 4) is 11.5 Å². The molecule has 0 radical (unpaired) electrons. The molecule has 0 aliphatic carbocycles. The predicted molar refractivity (Wildman–Crippen MR) is 117 cm³/mol. The van der Waals surface area contributed by atoms with Crippen LogP contribution in [-0.4, -0.2) is 48.5 Å². The van der Waals surface area contributed by atoms with Gasteiger partial charge < -0.3 is 20.1 Å². The van der Waals surface area contributed by atoms with Crippen LogP contribution in [0.2, 0.25) is 0 Å². The highest BCUT2D eigenvalue weighted by Gasteiger charge is 2.05. The number of ether oxygens (including phenoxy) is 2. The average molecular weight is 409 g/mol. The molecule has 0 bridgehead atoms. The Labute approximate surface area is 177 Å². The van der Waals surface area contributed by atoms with Gasteiger partial charge in [-0.3, -0.25) is 4.99 Å². The van der Waals surface area contributed by atoms with Gasteiger partial charge in [-0.25, -0.2) is 9.67 Å². The molecule has 2 N–H and O–H groups in total. The zero-order valence-corrected chi connectivity index (χ0v) is 17.6. The van der Waals surface area contributed by atoms with E-state index in [0.29, 0.717) is 13.1 Å². The molecule has 0 saturated carbocycles. The van der Waals surface area contributed by atoms with Crippen molar-refractivity contribution in [3.63, 3.8) is 0 Å². The third-order valence-corrected chi connectivity index (χ3v) is 4.64. The smallest absolute Gasteiger partial charge is 0.191 e. The summed E-state index contributed by atoms with van der Waals surface area (Å²) in [5.74, 6) is 2.23. The molecule has 0 saturated heterocycles. The average Bonchev–Trinajstić information content (AvgIpc) is 3.29. The highest BCUT2D eigenvalue weighted by molar-refractivity contribution is 5.79. The summed E-state index contributed by atoms with van der Waals surface area (Å²) in [4.78, 5) is 8.29. The number of hydrogen-bond acceptors (Lipinski definition) is 5. The highest BCUT2D eigenvalue weighted by atomic mass is 16.5. The van der Waals surface area contributed by atoms with Gasteiger partial charge in [-0.2, -0.15) is 5.10 Å². The largest absolute Gasteiger partial charge is 0.493 e. The minimum absolute atomic E-state index is 0.682. The quantitative estimate of drug-likeness (QED) is 0.417. The fourth-order valence-corrected chi connectivity index (χ4v) is 3.11. The summed E-state index contributed by atoms with van der Waals surface area (Å²) in [5, 5.41) is 10.9. The van der Waals surface area contributed by atoms with Crippen molar-refractivity contribution >= 4 is 5.96 Å². The van der Waals surface area contributed by atoms with Gasteiger partial charge in [-0.05, 0) is 35.2 Å². The second-order valence-corrected chi connectivity index (χ2v) is 6.70. The van der Waals surface area contributed by atoms with Gasteiger partial charge in [0.2, 0.25) is 0 Å². The minimum Gasteiger partial charge on any atom is -0.493 e. The van der Waals surface area contributed by atoms with Gasteiger partial charge in [0, 0.05) is 20.1 Å². The molecule has 0 amide bonds. The van der Waals surface area contributed by atoms with Gasteiger partial charge in [0.1, 0.15) is 12.7 Å². The SMILES string of the molecule is CN=C(NCCc1ccc(OC)c(OC)c1)NCc1cccc(Cn2cncn2)c1. The lowest BCUT2D eigenvalue weighted by Gasteiger charge is -2.13. The first-order valence-electron chi connectivity index (χ1n) is 9.77. The Kier molecular flexibility index (Phi) is 7.65. The van der Waals surface area contributed by atoms with Gasteiger partial charge >= 0.3 is 0 Å². The van der Waals surface area contributed by atoms with Crippen LogP contribution in [-0.2, 0) is 19.5 Å². The molecular formula is C22H28N6O2. The number of rotatable bonds is 9. The normalized spacial score (nSPS) is 11.2. The monoisotopic (exact) mass is 408 g/mol. The molecule has 1 aromatic heterocycles. The number of aromatic nitrogens is 3. The lowest BCUT2D eigenvalue weighted by molar-refractivity contribution is 0.354. The van der Waals surface area contributed by atoms with Crippen LogP contribution in [0.1, 0.15) is 16.7 Å². The van der Waals surface area contributed by atoms with Gasteiger partial charge in [-0.15, -0.1) is 0 Å². The van der Waals surface area contributed by atoms with E-state index in [4.69, 9.17) is 9.47 Å². The van der Waals surface area contributed by atoms with E-state index in [0.717, 1.165) is 36.0 Å². The molecule has 0 aliphatic heterocycles. The van der Waals surface area contributed by atoms with Gasteiger partial charge in [0.15, 0.2) is 17.5 Å². The van der Waals surface area contributed by atoms with Gasteiger partial charge in [0.05, 0.1) is 20.8 Å². The zero-order valence-electron chi connectivity index (χ0n) is 17.6. The number of nitrogens with one attached hydrogen (secondary N) is 2. The van der Waals surface area contributed by atoms with Gasteiger partial charge in [0.25, 0.3) is 0 Å².